The van der Waals surface area contributed by atoms with Crippen LogP contribution in [0.15, 0.2) is 53.0 Å². The molecule has 1 atom stereocenters. The van der Waals surface area contributed by atoms with Crippen molar-refractivity contribution < 1.29 is 24.5 Å². The minimum Gasteiger partial charge on any atom is -0.493 e. The molecular weight excluding hydrogens is 474 g/mol. The van der Waals surface area contributed by atoms with Crippen LogP contribution in [0, 0.1) is 0 Å². The standard InChI is InChI=1S/C24H32BrNO3.CH2O2/c1-4-6-7-10-17-29-22-12-9-8-11-20(22)18-26(24(3,28)5-2)23(27)19-13-15-21(25)16-14-19;2-1-3/h8-9,11-16,28H,4-7,10,17-18H2,1-3H3;1H,(H,2,3). The Bertz CT molecular complexity index is 823. The van der Waals surface area contributed by atoms with Crippen molar-refractivity contribution in [3.63, 3.8) is 0 Å². The van der Waals surface area contributed by atoms with Gasteiger partial charge in [0.25, 0.3) is 12.4 Å². The summed E-state index contributed by atoms with van der Waals surface area (Å²) in [5.74, 6) is 0.562. The first-order valence-corrected chi connectivity index (χ1v) is 11.7. The smallest absolute Gasteiger partial charge is 0.290 e. The minimum atomic E-state index is -1.27. The molecule has 0 aliphatic heterocycles. The van der Waals surface area contributed by atoms with Crippen molar-refractivity contribution in [3.05, 3.63) is 64.1 Å². The summed E-state index contributed by atoms with van der Waals surface area (Å²) in [6, 6.07) is 14.9. The zero-order chi connectivity index (χ0) is 24.0. The van der Waals surface area contributed by atoms with Crippen molar-refractivity contribution in [1.29, 1.82) is 0 Å². The highest BCUT2D eigenvalue weighted by Gasteiger charge is 2.32. The highest BCUT2D eigenvalue weighted by atomic mass is 79.9. The average Bonchev–Trinajstić information content (AvgIpc) is 2.78. The third-order valence-corrected chi connectivity index (χ3v) is 5.67. The summed E-state index contributed by atoms with van der Waals surface area (Å²) < 4.78 is 6.91. The Balaban J connectivity index is 0.00000161. The average molecular weight is 508 g/mol. The number of ether oxygens (including phenoxy) is 1. The van der Waals surface area contributed by atoms with Crippen LogP contribution in [0.2, 0.25) is 0 Å². The molecule has 1 unspecified atom stereocenters. The number of unbranched alkanes of at least 4 members (excludes halogenated alkanes) is 3. The monoisotopic (exact) mass is 507 g/mol. The molecule has 0 fully saturated rings. The number of hydrogen-bond donors (Lipinski definition) is 2. The number of halogens is 1. The number of carboxylic acid groups (broad SMARTS) is 1. The van der Waals surface area contributed by atoms with Gasteiger partial charge < -0.3 is 19.8 Å². The Morgan fingerprint density at radius 1 is 1.09 bits per heavy atom. The van der Waals surface area contributed by atoms with Gasteiger partial charge in [-0.15, -0.1) is 0 Å². The molecule has 0 spiro atoms. The Hall–Kier alpha value is -2.38. The third kappa shape index (κ3) is 9.01. The molecular formula is C25H34BrNO5. The first-order chi connectivity index (χ1) is 15.3. The third-order valence-electron chi connectivity index (χ3n) is 5.14. The predicted molar refractivity (Wildman–Crippen MR) is 130 cm³/mol. The van der Waals surface area contributed by atoms with Gasteiger partial charge >= 0.3 is 0 Å². The number of nitrogens with zero attached hydrogens (tertiary/aromatic N) is 1. The molecule has 0 saturated heterocycles. The SMILES string of the molecule is CCCCCCOc1ccccc1CN(C(=O)c1ccc(Br)cc1)C(C)(O)CC.O=CO. The van der Waals surface area contributed by atoms with E-state index in [-0.39, 0.29) is 18.9 Å². The van der Waals surface area contributed by atoms with Crippen LogP contribution in [0.3, 0.4) is 0 Å². The molecule has 0 aliphatic carbocycles. The van der Waals surface area contributed by atoms with Gasteiger partial charge in [-0.1, -0.05) is 67.2 Å². The second-order valence-corrected chi connectivity index (χ2v) is 8.51. The molecule has 2 aromatic carbocycles. The van der Waals surface area contributed by atoms with Gasteiger partial charge in [-0.2, -0.15) is 0 Å². The molecule has 2 rings (SSSR count). The number of benzene rings is 2. The molecule has 0 bridgehead atoms. The summed E-state index contributed by atoms with van der Waals surface area (Å²) in [7, 11) is 0. The van der Waals surface area contributed by atoms with E-state index in [1.807, 2.05) is 43.3 Å². The fourth-order valence-corrected chi connectivity index (χ4v) is 3.32. The van der Waals surface area contributed by atoms with Gasteiger partial charge in [0.2, 0.25) is 0 Å². The Kier molecular flexibility index (Phi) is 12.7. The normalized spacial score (nSPS) is 12.2. The second kappa shape index (κ2) is 14.6. The number of hydrogen-bond acceptors (Lipinski definition) is 4. The maximum atomic E-state index is 13.2. The van der Waals surface area contributed by atoms with Crippen LogP contribution in [0.1, 0.15) is 68.8 Å². The number of rotatable bonds is 11. The lowest BCUT2D eigenvalue weighted by molar-refractivity contribution is -0.122. The fraction of sp³-hybridized carbons (Fsp3) is 0.440. The van der Waals surface area contributed by atoms with E-state index in [1.54, 1.807) is 19.1 Å². The number of aliphatic hydroxyl groups is 1. The first kappa shape index (κ1) is 27.7. The number of para-hydroxylation sites is 1. The lowest BCUT2D eigenvalue weighted by atomic mass is 10.1. The van der Waals surface area contributed by atoms with Crippen LogP contribution >= 0.6 is 15.9 Å². The van der Waals surface area contributed by atoms with E-state index in [0.29, 0.717) is 18.6 Å². The van der Waals surface area contributed by atoms with Gasteiger partial charge in [0, 0.05) is 15.6 Å². The molecule has 0 aromatic heterocycles. The largest absolute Gasteiger partial charge is 0.493 e. The number of amides is 1. The maximum absolute atomic E-state index is 13.2. The first-order valence-electron chi connectivity index (χ1n) is 10.9. The van der Waals surface area contributed by atoms with E-state index in [4.69, 9.17) is 14.6 Å². The van der Waals surface area contributed by atoms with Crippen molar-refractivity contribution in [2.75, 3.05) is 6.61 Å². The molecule has 1 amide bonds. The predicted octanol–water partition coefficient (Wildman–Crippen LogP) is 5.87. The highest BCUT2D eigenvalue weighted by molar-refractivity contribution is 9.10. The summed E-state index contributed by atoms with van der Waals surface area (Å²) in [5, 5.41) is 17.8. The van der Waals surface area contributed by atoms with Gasteiger partial charge in [-0.3, -0.25) is 9.59 Å². The molecule has 176 valence electrons. The van der Waals surface area contributed by atoms with E-state index in [1.165, 1.54) is 17.7 Å². The van der Waals surface area contributed by atoms with E-state index in [2.05, 4.69) is 22.9 Å². The summed E-state index contributed by atoms with van der Waals surface area (Å²) in [4.78, 5) is 23.1. The summed E-state index contributed by atoms with van der Waals surface area (Å²) in [6.45, 7) is 6.42. The molecule has 32 heavy (non-hydrogen) atoms. The Morgan fingerprint density at radius 2 is 1.72 bits per heavy atom. The number of carbonyl (C=O) groups excluding carboxylic acids is 1. The molecule has 0 aliphatic rings. The molecule has 0 radical (unpaired) electrons. The molecule has 2 aromatic rings. The molecule has 2 N–H and O–H groups in total. The van der Waals surface area contributed by atoms with E-state index < -0.39 is 5.72 Å². The second-order valence-electron chi connectivity index (χ2n) is 7.59. The number of carbonyl (C=O) groups is 2. The molecule has 7 heteroatoms. The van der Waals surface area contributed by atoms with Gasteiger partial charge in [-0.25, -0.2) is 0 Å². The zero-order valence-electron chi connectivity index (χ0n) is 19.1. The van der Waals surface area contributed by atoms with Gasteiger partial charge in [0.05, 0.1) is 13.2 Å². The van der Waals surface area contributed by atoms with Crippen molar-refractivity contribution in [3.8, 4) is 5.75 Å². The van der Waals surface area contributed by atoms with Crippen molar-refractivity contribution >= 4 is 28.3 Å². The lowest BCUT2D eigenvalue weighted by Crippen LogP contribution is -2.49. The van der Waals surface area contributed by atoms with E-state index in [9.17, 15) is 9.90 Å². The highest BCUT2D eigenvalue weighted by Crippen LogP contribution is 2.27. The molecule has 0 saturated carbocycles. The maximum Gasteiger partial charge on any atom is 0.290 e. The topological polar surface area (TPSA) is 87.1 Å². The van der Waals surface area contributed by atoms with Crippen molar-refractivity contribution in [2.45, 2.75) is 65.1 Å². The van der Waals surface area contributed by atoms with E-state index in [0.717, 1.165) is 28.6 Å². The quantitative estimate of drug-likeness (QED) is 0.225. The van der Waals surface area contributed by atoms with Crippen LogP contribution in [0.5, 0.6) is 5.75 Å². The van der Waals surface area contributed by atoms with Crippen LogP contribution in [-0.4, -0.2) is 39.8 Å². The minimum absolute atomic E-state index is 0.206. The summed E-state index contributed by atoms with van der Waals surface area (Å²) in [5.41, 5.74) is 0.167. The van der Waals surface area contributed by atoms with Crippen molar-refractivity contribution in [1.82, 2.24) is 4.90 Å². The summed E-state index contributed by atoms with van der Waals surface area (Å²) >= 11 is 3.40. The summed E-state index contributed by atoms with van der Waals surface area (Å²) in [6.07, 6.45) is 4.98. The van der Waals surface area contributed by atoms with Crippen LogP contribution < -0.4 is 4.74 Å². The van der Waals surface area contributed by atoms with Gasteiger partial charge in [0.1, 0.15) is 11.5 Å². The zero-order valence-corrected chi connectivity index (χ0v) is 20.7. The van der Waals surface area contributed by atoms with Gasteiger partial charge in [0.15, 0.2) is 0 Å². The Morgan fingerprint density at radius 3 is 2.31 bits per heavy atom. The van der Waals surface area contributed by atoms with Crippen LogP contribution in [-0.2, 0) is 11.3 Å². The van der Waals surface area contributed by atoms with Gasteiger partial charge in [-0.05, 0) is 50.1 Å². The van der Waals surface area contributed by atoms with Crippen LogP contribution in [0.4, 0.5) is 0 Å². The molecule has 6 nitrogen and oxygen atoms in total. The van der Waals surface area contributed by atoms with Crippen molar-refractivity contribution in [2.24, 2.45) is 0 Å². The Labute approximate surface area is 199 Å². The lowest BCUT2D eigenvalue weighted by Gasteiger charge is -2.37. The van der Waals surface area contributed by atoms with E-state index >= 15 is 0 Å². The fourth-order valence-electron chi connectivity index (χ4n) is 3.06. The molecule has 0 heterocycles. The van der Waals surface area contributed by atoms with Crippen LogP contribution in [0.25, 0.3) is 0 Å².